The molecule has 0 saturated carbocycles. The van der Waals surface area contributed by atoms with E-state index in [0.29, 0.717) is 51.0 Å². The Bertz CT molecular complexity index is 391. The molecule has 0 spiro atoms. The number of likely N-dealkylation sites (N-methyl/N-ethyl adjacent to an activating group) is 1. The molecular formula is C13H25N5O4S. The van der Waals surface area contributed by atoms with Crippen molar-refractivity contribution in [2.24, 2.45) is 5.11 Å². The Morgan fingerprint density at radius 2 is 1.96 bits per heavy atom. The zero-order valence-corrected chi connectivity index (χ0v) is 14.4. The van der Waals surface area contributed by atoms with Crippen LogP contribution in [0.3, 0.4) is 0 Å². The average molecular weight is 347 g/mol. The number of rotatable bonds is 15. The summed E-state index contributed by atoms with van der Waals surface area (Å²) < 4.78 is 10.4. The molecule has 0 aromatic heterocycles. The van der Waals surface area contributed by atoms with Gasteiger partial charge in [0.25, 0.3) is 0 Å². The third-order valence-electron chi connectivity index (χ3n) is 2.70. The van der Waals surface area contributed by atoms with Crippen LogP contribution in [-0.2, 0) is 19.1 Å². The highest BCUT2D eigenvalue weighted by molar-refractivity contribution is 8.00. The molecular weight excluding hydrogens is 322 g/mol. The van der Waals surface area contributed by atoms with E-state index in [2.05, 4.69) is 20.7 Å². The lowest BCUT2D eigenvalue weighted by Gasteiger charge is -2.12. The van der Waals surface area contributed by atoms with E-state index < -0.39 is 0 Å². The lowest BCUT2D eigenvalue weighted by atomic mass is 10.2. The SMILES string of the molecule is CN[C@@H](CSCC(=O)NCCOCCOCCN=[N+]=[N-])C(C)=O. The van der Waals surface area contributed by atoms with Crippen LogP contribution in [0.25, 0.3) is 10.4 Å². The normalized spacial score (nSPS) is 11.6. The molecule has 2 N–H and O–H groups in total. The van der Waals surface area contributed by atoms with Crippen LogP contribution in [0.4, 0.5) is 0 Å². The Hall–Kier alpha value is -1.32. The molecule has 0 aliphatic heterocycles. The van der Waals surface area contributed by atoms with Gasteiger partial charge in [0.15, 0.2) is 0 Å². The van der Waals surface area contributed by atoms with Crippen LogP contribution in [0, 0.1) is 0 Å². The van der Waals surface area contributed by atoms with Gasteiger partial charge >= 0.3 is 0 Å². The van der Waals surface area contributed by atoms with Gasteiger partial charge in [-0.05, 0) is 19.5 Å². The van der Waals surface area contributed by atoms with Crippen LogP contribution >= 0.6 is 11.8 Å². The van der Waals surface area contributed by atoms with Crippen molar-refractivity contribution in [2.45, 2.75) is 13.0 Å². The largest absolute Gasteiger partial charge is 0.379 e. The van der Waals surface area contributed by atoms with E-state index >= 15 is 0 Å². The molecule has 9 nitrogen and oxygen atoms in total. The minimum absolute atomic E-state index is 0.0652. The molecule has 0 aromatic rings. The van der Waals surface area contributed by atoms with Gasteiger partial charge in [-0.3, -0.25) is 9.59 Å². The molecule has 1 amide bonds. The predicted octanol–water partition coefficient (Wildman–Crippen LogP) is 0.356. The van der Waals surface area contributed by atoms with Gasteiger partial charge in [-0.1, -0.05) is 5.11 Å². The zero-order chi connectivity index (χ0) is 17.3. The van der Waals surface area contributed by atoms with Gasteiger partial charge in [0.05, 0.1) is 38.2 Å². The van der Waals surface area contributed by atoms with Crippen molar-refractivity contribution in [3.63, 3.8) is 0 Å². The Kier molecular flexibility index (Phi) is 14.7. The van der Waals surface area contributed by atoms with Gasteiger partial charge in [-0.25, -0.2) is 0 Å². The molecule has 0 saturated heterocycles. The summed E-state index contributed by atoms with van der Waals surface area (Å²) in [4.78, 5) is 25.4. The predicted molar refractivity (Wildman–Crippen MR) is 89.5 cm³/mol. The number of nitrogens with zero attached hydrogens (tertiary/aromatic N) is 3. The van der Waals surface area contributed by atoms with Crippen molar-refractivity contribution >= 4 is 23.5 Å². The van der Waals surface area contributed by atoms with Crippen molar-refractivity contribution in [3.8, 4) is 0 Å². The second-order valence-corrected chi connectivity index (χ2v) is 5.53. The van der Waals surface area contributed by atoms with Crippen LogP contribution < -0.4 is 10.6 Å². The summed E-state index contributed by atoms with van der Waals surface area (Å²) in [6.07, 6.45) is 0. The van der Waals surface area contributed by atoms with Gasteiger partial charge in [0.2, 0.25) is 5.91 Å². The molecule has 1 atom stereocenters. The van der Waals surface area contributed by atoms with E-state index in [4.69, 9.17) is 15.0 Å². The number of ketones is 1. The maximum atomic E-state index is 11.6. The summed E-state index contributed by atoms with van der Waals surface area (Å²) in [5.74, 6) is 0.870. The first kappa shape index (κ1) is 21.7. The summed E-state index contributed by atoms with van der Waals surface area (Å²) in [6, 6.07) is -0.213. The molecule has 0 bridgehead atoms. The van der Waals surface area contributed by atoms with Crippen molar-refractivity contribution in [2.75, 3.05) is 58.1 Å². The quantitative estimate of drug-likeness (QED) is 0.191. The maximum absolute atomic E-state index is 11.6. The molecule has 0 rings (SSSR count). The minimum atomic E-state index is -0.213. The molecule has 0 heterocycles. The van der Waals surface area contributed by atoms with E-state index in [1.165, 1.54) is 18.7 Å². The number of carbonyl (C=O) groups excluding carboxylic acids is 2. The lowest BCUT2D eigenvalue weighted by Crippen LogP contribution is -2.35. The number of hydrogen-bond donors (Lipinski definition) is 2. The first-order chi connectivity index (χ1) is 11.1. The number of ether oxygens (including phenoxy) is 2. The fourth-order valence-electron chi connectivity index (χ4n) is 1.46. The van der Waals surface area contributed by atoms with Gasteiger partial charge < -0.3 is 20.1 Å². The van der Waals surface area contributed by atoms with Crippen LogP contribution in [0.2, 0.25) is 0 Å². The zero-order valence-electron chi connectivity index (χ0n) is 13.6. The highest BCUT2D eigenvalue weighted by atomic mass is 32.2. The highest BCUT2D eigenvalue weighted by Gasteiger charge is 2.12. The maximum Gasteiger partial charge on any atom is 0.230 e. The molecule has 132 valence electrons. The van der Waals surface area contributed by atoms with Crippen molar-refractivity contribution < 1.29 is 19.1 Å². The van der Waals surface area contributed by atoms with E-state index in [1.54, 1.807) is 7.05 Å². The van der Waals surface area contributed by atoms with E-state index in [1.807, 2.05) is 0 Å². The molecule has 0 aliphatic carbocycles. The van der Waals surface area contributed by atoms with Crippen molar-refractivity contribution in [1.29, 1.82) is 0 Å². The molecule has 0 radical (unpaired) electrons. The summed E-state index contributed by atoms with van der Waals surface area (Å²) in [7, 11) is 1.73. The Morgan fingerprint density at radius 3 is 2.57 bits per heavy atom. The third kappa shape index (κ3) is 14.0. The van der Waals surface area contributed by atoms with Gasteiger partial charge in [0.1, 0.15) is 5.78 Å². The topological polar surface area (TPSA) is 125 Å². The van der Waals surface area contributed by atoms with Gasteiger partial charge in [-0.2, -0.15) is 0 Å². The molecule has 0 aliphatic rings. The minimum Gasteiger partial charge on any atom is -0.379 e. The molecule has 23 heavy (non-hydrogen) atoms. The van der Waals surface area contributed by atoms with E-state index in [-0.39, 0.29) is 17.7 Å². The molecule has 10 heteroatoms. The van der Waals surface area contributed by atoms with Crippen LogP contribution in [0.1, 0.15) is 6.92 Å². The Labute approximate surface area is 140 Å². The number of amides is 1. The van der Waals surface area contributed by atoms with Crippen LogP contribution in [-0.4, -0.2) is 75.8 Å². The van der Waals surface area contributed by atoms with Gasteiger partial charge in [0, 0.05) is 23.8 Å². The van der Waals surface area contributed by atoms with Gasteiger partial charge in [-0.15, -0.1) is 11.8 Å². The number of azide groups is 1. The monoisotopic (exact) mass is 347 g/mol. The summed E-state index contributed by atoms with van der Waals surface area (Å²) >= 11 is 1.41. The smallest absolute Gasteiger partial charge is 0.230 e. The summed E-state index contributed by atoms with van der Waals surface area (Å²) in [6.45, 7) is 3.88. The third-order valence-corrected chi connectivity index (χ3v) is 3.73. The van der Waals surface area contributed by atoms with Crippen molar-refractivity contribution in [3.05, 3.63) is 10.4 Å². The van der Waals surface area contributed by atoms with Crippen LogP contribution in [0.5, 0.6) is 0 Å². The number of Topliss-reactive ketones (excluding diaryl/α,β-unsaturated/α-hetero) is 1. The Morgan fingerprint density at radius 1 is 1.26 bits per heavy atom. The number of carbonyl (C=O) groups is 2. The average Bonchev–Trinajstić information content (AvgIpc) is 2.53. The lowest BCUT2D eigenvalue weighted by molar-refractivity contribution is -0.119. The van der Waals surface area contributed by atoms with E-state index in [0.717, 1.165) is 0 Å². The molecule has 0 unspecified atom stereocenters. The first-order valence-electron chi connectivity index (χ1n) is 7.30. The fourth-order valence-corrected chi connectivity index (χ4v) is 2.50. The Balaban J connectivity index is 3.40. The fraction of sp³-hybridized carbons (Fsp3) is 0.846. The number of hydrogen-bond acceptors (Lipinski definition) is 7. The number of nitrogens with one attached hydrogen (secondary N) is 2. The molecule has 0 aromatic carbocycles. The standard InChI is InChI=1S/C13H25N5O4S/c1-11(19)12(15-2)9-23-10-13(20)16-3-5-21-7-8-22-6-4-17-18-14/h12,15H,3-10H2,1-2H3,(H,16,20)/t12-/m0/s1. The number of thioether (sulfide) groups is 1. The first-order valence-corrected chi connectivity index (χ1v) is 8.45. The van der Waals surface area contributed by atoms with E-state index in [9.17, 15) is 9.59 Å². The van der Waals surface area contributed by atoms with Crippen molar-refractivity contribution in [1.82, 2.24) is 10.6 Å². The van der Waals surface area contributed by atoms with Crippen LogP contribution in [0.15, 0.2) is 5.11 Å². The summed E-state index contributed by atoms with van der Waals surface area (Å²) in [5.41, 5.74) is 8.05. The second-order valence-electron chi connectivity index (χ2n) is 4.50. The second kappa shape index (κ2) is 15.6. The molecule has 0 fully saturated rings. The highest BCUT2D eigenvalue weighted by Crippen LogP contribution is 2.03. The summed E-state index contributed by atoms with van der Waals surface area (Å²) in [5, 5.41) is 8.97.